The van der Waals surface area contributed by atoms with Crippen molar-refractivity contribution in [1.82, 2.24) is 0 Å². The van der Waals surface area contributed by atoms with Gasteiger partial charge in [0, 0.05) is 44.3 Å². The predicted molar refractivity (Wildman–Crippen MR) is 522 cm³/mol. The van der Waals surface area contributed by atoms with Crippen molar-refractivity contribution >= 4 is 55.7 Å². The summed E-state index contributed by atoms with van der Waals surface area (Å²) in [6.45, 7) is 85.7. The second-order valence-corrected chi connectivity index (χ2v) is 47.2. The maximum absolute atomic E-state index is 2.73. The minimum Gasteiger partial charge on any atom is -0.309 e. The summed E-state index contributed by atoms with van der Waals surface area (Å²) in [5.41, 5.74) is 32.4. The molecule has 0 aliphatic rings. The zero-order valence-electron chi connectivity index (χ0n) is 79.7. The van der Waals surface area contributed by atoms with Crippen LogP contribution in [0.1, 0.15) is 316 Å². The van der Waals surface area contributed by atoms with E-state index in [4.69, 9.17) is 0 Å². The van der Waals surface area contributed by atoms with Crippen LogP contribution in [0.2, 0.25) is 0 Å². The van der Waals surface area contributed by atoms with Gasteiger partial charge in [0.25, 0.3) is 0 Å². The third-order valence-corrected chi connectivity index (χ3v) is 24.7. The van der Waals surface area contributed by atoms with E-state index >= 15 is 0 Å². The van der Waals surface area contributed by atoms with Crippen LogP contribution in [0, 0.1) is 0 Å². The van der Waals surface area contributed by atoms with E-state index in [1.54, 1.807) is 0 Å². The summed E-state index contributed by atoms with van der Waals surface area (Å²) in [7, 11) is 0. The molecule has 0 bridgehead atoms. The van der Waals surface area contributed by atoms with Crippen molar-refractivity contribution in [2.75, 3.05) is 9.80 Å². The zero-order chi connectivity index (χ0) is 87.1. The van der Waals surface area contributed by atoms with Gasteiger partial charge in [0.05, 0.1) is 11.4 Å². The van der Waals surface area contributed by atoms with E-state index in [9.17, 15) is 0 Å². The highest BCUT2D eigenvalue weighted by atomic mass is 15.2. The Bertz CT molecular complexity index is 5640. The Morgan fingerprint density at radius 1 is 0.153 bits per heavy atom. The second kappa shape index (κ2) is 30.5. The van der Waals surface area contributed by atoms with Crippen molar-refractivity contribution in [3.05, 3.63) is 285 Å². The number of hydrogen-bond donors (Lipinski definition) is 0. The molecule has 0 spiro atoms. The van der Waals surface area contributed by atoms with E-state index in [0.29, 0.717) is 0 Å². The molecule has 0 unspecified atom stereocenters. The molecule has 618 valence electrons. The maximum Gasteiger partial charge on any atom is 0.0620 e. The SMILES string of the molecule is CC(C)(C)c1cc(-c2cc(-c3ccc(C(C)(C)C)cc3C(C)(C)C)cc(N(c3cc(C(C)(C)C)cc(C(C)(C)C)c3)c3c4ccccc4c(N(c4cc(-c5cc(C(C)(C)C)cc(C(C)(C)C)c5)cc(-c5ccc(C(C)(C)C)cc5C(C)(C)C)c4)c4cc(C(C)(C)C)cc(C(C)(C)C)c4)c4cc(-c5ccccc5)ccc34)c2)cc(C(C)(C)C)c1. The molecule has 12 rings (SSSR count). The van der Waals surface area contributed by atoms with Gasteiger partial charge in [-0.2, -0.15) is 0 Å². The molecule has 118 heavy (non-hydrogen) atoms. The van der Waals surface area contributed by atoms with Crippen molar-refractivity contribution in [1.29, 1.82) is 0 Å². The van der Waals surface area contributed by atoms with Gasteiger partial charge in [0.2, 0.25) is 0 Å². The molecule has 0 saturated heterocycles. The summed E-state index contributed by atoms with van der Waals surface area (Å²) in [6, 6.07) is 88.3. The fourth-order valence-corrected chi connectivity index (χ4v) is 16.7. The molecule has 0 aliphatic carbocycles. The summed E-state index contributed by atoms with van der Waals surface area (Å²) >= 11 is 0. The van der Waals surface area contributed by atoms with Crippen molar-refractivity contribution < 1.29 is 0 Å². The van der Waals surface area contributed by atoms with Crippen LogP contribution < -0.4 is 9.80 Å². The third-order valence-electron chi connectivity index (χ3n) is 24.7. The largest absolute Gasteiger partial charge is 0.309 e. The smallest absolute Gasteiger partial charge is 0.0620 e. The summed E-state index contributed by atoms with van der Waals surface area (Å²) in [5.74, 6) is 0. The maximum atomic E-state index is 2.73. The summed E-state index contributed by atoms with van der Waals surface area (Å²) in [4.78, 5) is 5.45. The monoisotopic (exact) mass is 1570 g/mol. The van der Waals surface area contributed by atoms with Gasteiger partial charge in [0.1, 0.15) is 0 Å². The molecule has 12 aromatic carbocycles. The third kappa shape index (κ3) is 18.7. The molecule has 2 heteroatoms. The van der Waals surface area contributed by atoms with Gasteiger partial charge in [-0.25, -0.2) is 0 Å². The van der Waals surface area contributed by atoms with Crippen LogP contribution in [0.25, 0.3) is 77.2 Å². The first kappa shape index (κ1) is 88.1. The Hall–Kier alpha value is -9.24. The molecular formula is C116H144N2. The average molecular weight is 1570 g/mol. The van der Waals surface area contributed by atoms with Crippen LogP contribution in [-0.4, -0.2) is 0 Å². The average Bonchev–Trinajstić information content (AvgIpc) is 0.711. The first-order chi connectivity index (χ1) is 54.0. The van der Waals surface area contributed by atoms with Gasteiger partial charge in [-0.15, -0.1) is 0 Å². The van der Waals surface area contributed by atoms with Crippen LogP contribution in [0.5, 0.6) is 0 Å². The number of fused-ring (bicyclic) bond motifs is 2. The molecule has 0 aromatic heterocycles. The normalized spacial score (nSPS) is 13.4. The molecule has 0 saturated carbocycles. The number of rotatable bonds is 11. The lowest BCUT2D eigenvalue weighted by atomic mass is 9.76. The van der Waals surface area contributed by atoms with Gasteiger partial charge < -0.3 is 9.80 Å². The molecule has 0 aliphatic heterocycles. The highest BCUT2D eigenvalue weighted by Gasteiger charge is 2.35. The van der Waals surface area contributed by atoms with Crippen LogP contribution in [-0.2, 0) is 65.0 Å². The standard InChI is InChI=1S/C116H144N2/c1-105(2,3)81-47-50-95(101(71-81)115(31,32)33)79-52-75(77-54-83(107(7,8)9)63-84(55-77)108(10,11)12)58-91(60-79)117(93-67-87(111(19,20)21)65-88(68-93)112(22,23)24)103-97-44-40-41-45-98(97)104(100-62-74(46-49-99(100)103)73-42-38-37-39-43-73)118(94-69-89(113(25,26)27)66-90(70-94)114(28,29)30)92-59-76(78-56-85(109(13,14)15)64-86(57-78)110(16,17)18)53-80(61-92)96-51-48-82(106(4,5)6)72-102(96)116(34,35)36/h37-72H,1-36H3. The fraction of sp³-hybridized carbons (Fsp3) is 0.414. The molecule has 0 amide bonds. The minimum absolute atomic E-state index is 0.0656. The van der Waals surface area contributed by atoms with Gasteiger partial charge in [-0.3, -0.25) is 0 Å². The van der Waals surface area contributed by atoms with Gasteiger partial charge >= 0.3 is 0 Å². The molecule has 0 radical (unpaired) electrons. The molecule has 12 aromatic rings. The molecular weight excluding hydrogens is 1420 g/mol. The Morgan fingerprint density at radius 2 is 0.407 bits per heavy atom. The van der Waals surface area contributed by atoms with E-state index in [1.165, 1.54) is 111 Å². The first-order valence-corrected chi connectivity index (χ1v) is 43.9. The highest BCUT2D eigenvalue weighted by molar-refractivity contribution is 6.24. The summed E-state index contributed by atoms with van der Waals surface area (Å²) < 4.78 is 0. The molecule has 2 nitrogen and oxygen atoms in total. The van der Waals surface area contributed by atoms with E-state index in [1.807, 2.05) is 0 Å². The second-order valence-electron chi connectivity index (χ2n) is 47.2. The fourth-order valence-electron chi connectivity index (χ4n) is 16.7. The molecule has 0 heterocycles. The van der Waals surface area contributed by atoms with Gasteiger partial charge in [0.15, 0.2) is 0 Å². The lowest BCUT2D eigenvalue weighted by Crippen LogP contribution is -2.21. The summed E-state index contributed by atoms with van der Waals surface area (Å²) in [6.07, 6.45) is 0. The van der Waals surface area contributed by atoms with Gasteiger partial charge in [-0.1, -0.05) is 401 Å². The van der Waals surface area contributed by atoms with Crippen LogP contribution >= 0.6 is 0 Å². The van der Waals surface area contributed by atoms with Crippen molar-refractivity contribution in [2.24, 2.45) is 0 Å². The molecule has 0 atom stereocenters. The number of nitrogens with zero attached hydrogens (tertiary/aromatic N) is 2. The van der Waals surface area contributed by atoms with Crippen molar-refractivity contribution in [3.8, 4) is 55.6 Å². The highest BCUT2D eigenvalue weighted by Crippen LogP contribution is 2.56. The van der Waals surface area contributed by atoms with E-state index in [0.717, 1.165) is 66.8 Å². The number of hydrogen-bond acceptors (Lipinski definition) is 2. The summed E-state index contributed by atoms with van der Waals surface area (Å²) in [5, 5.41) is 4.56. The van der Waals surface area contributed by atoms with Crippen LogP contribution in [0.15, 0.2) is 218 Å². The minimum atomic E-state index is -0.220. The lowest BCUT2D eigenvalue weighted by molar-refractivity contribution is 0.568. The topological polar surface area (TPSA) is 6.48 Å². The predicted octanol–water partition coefficient (Wildman–Crippen LogP) is 34.8. The first-order valence-electron chi connectivity index (χ1n) is 43.9. The van der Waals surface area contributed by atoms with Crippen LogP contribution in [0.4, 0.5) is 34.1 Å². The van der Waals surface area contributed by atoms with Crippen molar-refractivity contribution in [2.45, 2.75) is 314 Å². The van der Waals surface area contributed by atoms with Crippen LogP contribution in [0.3, 0.4) is 0 Å². The van der Waals surface area contributed by atoms with E-state index in [-0.39, 0.29) is 65.0 Å². The van der Waals surface area contributed by atoms with E-state index in [2.05, 4.69) is 477 Å². The van der Waals surface area contributed by atoms with Crippen molar-refractivity contribution in [3.63, 3.8) is 0 Å². The Balaban J connectivity index is 1.36. The Kier molecular flexibility index (Phi) is 22.7. The van der Waals surface area contributed by atoms with Gasteiger partial charge in [-0.05, 0) is 254 Å². The van der Waals surface area contributed by atoms with E-state index < -0.39 is 0 Å². The zero-order valence-corrected chi connectivity index (χ0v) is 79.7. The Morgan fingerprint density at radius 3 is 0.703 bits per heavy atom. The molecule has 0 fully saturated rings. The molecule has 0 N–H and O–H groups in total. The Labute approximate surface area is 715 Å². The number of anilines is 6. The lowest BCUT2D eigenvalue weighted by Gasteiger charge is -2.36. The quantitative estimate of drug-likeness (QED) is 0.0941. The number of benzene rings is 12.